The molecule has 2 unspecified atom stereocenters. The fourth-order valence-corrected chi connectivity index (χ4v) is 8.13. The molecule has 5 aromatic carbocycles. The number of aromatic nitrogens is 2. The van der Waals surface area contributed by atoms with Crippen molar-refractivity contribution in [2.45, 2.75) is 31.2 Å². The lowest BCUT2D eigenvalue weighted by Gasteiger charge is -2.27. The van der Waals surface area contributed by atoms with E-state index in [2.05, 4.69) is 108 Å². The summed E-state index contributed by atoms with van der Waals surface area (Å²) in [5, 5.41) is 5.72. The van der Waals surface area contributed by atoms with Gasteiger partial charge in [-0.1, -0.05) is 109 Å². The number of hydrogen-bond donors (Lipinski definition) is 0. The van der Waals surface area contributed by atoms with Crippen molar-refractivity contribution >= 4 is 61.2 Å². The van der Waals surface area contributed by atoms with Crippen molar-refractivity contribution in [2.75, 3.05) is 0 Å². The molecule has 0 N–H and O–H groups in total. The number of aliphatic imine (C=N–C) groups is 2. The van der Waals surface area contributed by atoms with E-state index in [4.69, 9.17) is 19.4 Å². The molecule has 50 heavy (non-hydrogen) atoms. The first-order valence-corrected chi connectivity index (χ1v) is 17.3. The zero-order valence-electron chi connectivity index (χ0n) is 27.3. The van der Waals surface area contributed by atoms with Gasteiger partial charge >= 0.3 is 0 Å². The van der Waals surface area contributed by atoms with Gasteiger partial charge in [-0.3, -0.25) is 15.0 Å². The minimum atomic E-state index is -0.108. The Kier molecular flexibility index (Phi) is 6.76. The molecular weight excluding hydrogens is 613 g/mol. The Morgan fingerprint density at radius 1 is 0.680 bits per heavy atom. The van der Waals surface area contributed by atoms with Crippen molar-refractivity contribution in [2.24, 2.45) is 9.98 Å². The molecule has 4 heterocycles. The van der Waals surface area contributed by atoms with Gasteiger partial charge in [-0.25, -0.2) is 4.99 Å². The lowest BCUT2D eigenvalue weighted by Crippen LogP contribution is -2.14. The van der Waals surface area contributed by atoms with E-state index < -0.39 is 0 Å². The van der Waals surface area contributed by atoms with Crippen LogP contribution < -0.4 is 0 Å². The number of benzene rings is 5. The van der Waals surface area contributed by atoms with Gasteiger partial charge < -0.3 is 4.42 Å². The maximum atomic E-state index is 6.26. The van der Waals surface area contributed by atoms with Crippen LogP contribution in [0.15, 0.2) is 154 Å². The fourth-order valence-electron chi connectivity index (χ4n) is 8.13. The van der Waals surface area contributed by atoms with Crippen molar-refractivity contribution in [1.82, 2.24) is 9.97 Å². The normalized spacial score (nSPS) is 17.5. The Labute approximate surface area is 289 Å². The molecule has 0 saturated carbocycles. The van der Waals surface area contributed by atoms with Gasteiger partial charge in [-0.05, 0) is 70.7 Å². The monoisotopic (exact) mass is 644 g/mol. The summed E-state index contributed by atoms with van der Waals surface area (Å²) >= 11 is 0. The molecule has 10 rings (SSSR count). The first kappa shape index (κ1) is 28.8. The summed E-state index contributed by atoms with van der Waals surface area (Å²) in [5.41, 5.74) is 11.0. The second-order valence-electron chi connectivity index (χ2n) is 13.2. The van der Waals surface area contributed by atoms with Crippen molar-refractivity contribution in [3.8, 4) is 0 Å². The summed E-state index contributed by atoms with van der Waals surface area (Å²) in [6.45, 7) is 0. The molecule has 5 nitrogen and oxygen atoms in total. The highest BCUT2D eigenvalue weighted by Crippen LogP contribution is 2.44. The predicted molar refractivity (Wildman–Crippen MR) is 204 cm³/mol. The average molecular weight is 645 g/mol. The highest BCUT2D eigenvalue weighted by molar-refractivity contribution is 6.14. The van der Waals surface area contributed by atoms with Gasteiger partial charge in [0.1, 0.15) is 11.2 Å². The molecule has 0 bridgehead atoms. The van der Waals surface area contributed by atoms with Gasteiger partial charge in [-0.2, -0.15) is 0 Å². The topological polar surface area (TPSA) is 63.6 Å². The van der Waals surface area contributed by atoms with Crippen LogP contribution in [0.4, 0.5) is 0 Å². The minimum absolute atomic E-state index is 0.108. The Hall–Kier alpha value is -6.20. The summed E-state index contributed by atoms with van der Waals surface area (Å²) < 4.78 is 6.26. The molecule has 0 amide bonds. The van der Waals surface area contributed by atoms with Gasteiger partial charge in [0.15, 0.2) is 5.84 Å². The van der Waals surface area contributed by atoms with Gasteiger partial charge in [0.25, 0.3) is 0 Å². The molecule has 0 radical (unpaired) electrons. The van der Waals surface area contributed by atoms with Gasteiger partial charge in [0, 0.05) is 51.6 Å². The highest BCUT2D eigenvalue weighted by Gasteiger charge is 2.28. The Balaban J connectivity index is 1.13. The molecule has 2 aliphatic rings. The summed E-state index contributed by atoms with van der Waals surface area (Å²) in [4.78, 5) is 20.2. The third-order valence-corrected chi connectivity index (χ3v) is 10.4. The first-order valence-electron chi connectivity index (χ1n) is 17.3. The van der Waals surface area contributed by atoms with E-state index in [1.807, 2.05) is 36.7 Å². The van der Waals surface area contributed by atoms with Crippen molar-refractivity contribution in [1.29, 1.82) is 0 Å². The van der Waals surface area contributed by atoms with Crippen LogP contribution in [0.5, 0.6) is 0 Å². The summed E-state index contributed by atoms with van der Waals surface area (Å²) in [6, 6.07) is 40.5. The number of amidine groups is 1. The number of furan rings is 1. The third-order valence-electron chi connectivity index (χ3n) is 10.4. The zero-order valence-corrected chi connectivity index (χ0v) is 27.3. The summed E-state index contributed by atoms with van der Waals surface area (Å²) in [5.74, 6) is 0.908. The molecule has 0 saturated heterocycles. The third kappa shape index (κ3) is 4.69. The number of allylic oxidation sites excluding steroid dienone is 1. The van der Waals surface area contributed by atoms with E-state index >= 15 is 0 Å². The zero-order chi connectivity index (χ0) is 33.0. The highest BCUT2D eigenvalue weighted by atomic mass is 16.3. The molecule has 0 spiro atoms. The number of pyridine rings is 2. The lowest BCUT2D eigenvalue weighted by atomic mass is 9.77. The Morgan fingerprint density at radius 2 is 1.54 bits per heavy atom. The quantitative estimate of drug-likeness (QED) is 0.179. The lowest BCUT2D eigenvalue weighted by molar-refractivity contribution is 0.663. The smallest absolute Gasteiger partial charge is 0.155 e. The van der Waals surface area contributed by atoms with E-state index in [0.717, 1.165) is 74.8 Å². The van der Waals surface area contributed by atoms with Gasteiger partial charge in [-0.15, -0.1) is 0 Å². The fraction of sp³-hybridized carbons (Fsp3) is 0.111. The molecule has 2 atom stereocenters. The molecule has 8 aromatic rings. The molecule has 0 fully saturated rings. The minimum Gasteiger partial charge on any atom is -0.456 e. The van der Waals surface area contributed by atoms with Gasteiger partial charge in [0.2, 0.25) is 0 Å². The van der Waals surface area contributed by atoms with Crippen LogP contribution in [0, 0.1) is 0 Å². The molecule has 3 aromatic heterocycles. The van der Waals surface area contributed by atoms with E-state index in [-0.39, 0.29) is 12.0 Å². The number of fused-ring (bicyclic) bond motifs is 8. The molecular formula is C45H32N4O. The number of nitrogens with zero attached hydrogens (tertiary/aromatic N) is 4. The van der Waals surface area contributed by atoms with Crippen LogP contribution in [-0.2, 0) is 0 Å². The molecule has 1 aliphatic heterocycles. The first-order chi connectivity index (χ1) is 24.8. The van der Waals surface area contributed by atoms with Crippen LogP contribution in [-0.4, -0.2) is 21.5 Å². The Bertz CT molecular complexity index is 2700. The van der Waals surface area contributed by atoms with Gasteiger partial charge in [0.05, 0.1) is 17.3 Å². The summed E-state index contributed by atoms with van der Waals surface area (Å²) in [7, 11) is 0. The van der Waals surface area contributed by atoms with Crippen molar-refractivity contribution in [3.05, 3.63) is 173 Å². The van der Waals surface area contributed by atoms with Crippen LogP contribution in [0.2, 0.25) is 0 Å². The second-order valence-corrected chi connectivity index (χ2v) is 13.2. The average Bonchev–Trinajstić information content (AvgIpc) is 3.42. The maximum Gasteiger partial charge on any atom is 0.155 e. The second kappa shape index (κ2) is 11.7. The molecule has 238 valence electrons. The number of rotatable bonds is 4. The predicted octanol–water partition coefficient (Wildman–Crippen LogP) is 11.0. The summed E-state index contributed by atoms with van der Waals surface area (Å²) in [6.07, 6.45) is 12.7. The van der Waals surface area contributed by atoms with E-state index in [0.29, 0.717) is 0 Å². The van der Waals surface area contributed by atoms with Crippen molar-refractivity contribution in [3.63, 3.8) is 0 Å². The van der Waals surface area contributed by atoms with Crippen molar-refractivity contribution < 1.29 is 4.42 Å². The largest absolute Gasteiger partial charge is 0.456 e. The SMILES string of the molecule is C1=Cc2ccc3ccc4cccnc4c3c2C(c2ccccc2C2=NC(c3ccccc3)=NC(c3cccc4oc5ccncc5c34)CC2)C1. The molecule has 1 aliphatic carbocycles. The standard InChI is InChI=1S/C45H32N4O/c1-2-9-31(10-3-1)45-48-37(22-23-38(49-45)35-16-7-17-40-43(35)36-27-46-26-24-39(36)50-40)33-14-5-4-13-32(33)34-15-6-11-28-18-19-29-20-21-30-12-8-25-47-44(30)42(29)41(28)34/h1-14,16-21,24-27,34,38H,15,22-23H2. The Morgan fingerprint density at radius 3 is 2.50 bits per heavy atom. The van der Waals surface area contributed by atoms with Crippen LogP contribution >= 0.6 is 0 Å². The van der Waals surface area contributed by atoms with E-state index in [1.165, 1.54) is 33.0 Å². The molecule has 5 heteroatoms. The van der Waals surface area contributed by atoms with E-state index in [1.54, 1.807) is 6.20 Å². The van der Waals surface area contributed by atoms with Crippen LogP contribution in [0.1, 0.15) is 64.6 Å². The number of hydrogen-bond acceptors (Lipinski definition) is 5. The maximum absolute atomic E-state index is 6.26. The van der Waals surface area contributed by atoms with Crippen LogP contribution in [0.25, 0.3) is 49.7 Å². The van der Waals surface area contributed by atoms with Crippen LogP contribution in [0.3, 0.4) is 0 Å². The van der Waals surface area contributed by atoms with E-state index in [9.17, 15) is 0 Å².